The Balaban J connectivity index is 1.76. The summed E-state index contributed by atoms with van der Waals surface area (Å²) < 4.78 is 38.3. The van der Waals surface area contributed by atoms with Gasteiger partial charge in [-0.05, 0) is 56.6 Å². The second-order valence-electron chi connectivity index (χ2n) is 7.32. The molecule has 2 fully saturated rings. The van der Waals surface area contributed by atoms with Gasteiger partial charge >= 0.3 is 0 Å². The highest BCUT2D eigenvalue weighted by Crippen LogP contribution is 2.32. The van der Waals surface area contributed by atoms with Crippen molar-refractivity contribution in [2.75, 3.05) is 69.4 Å². The van der Waals surface area contributed by atoms with Crippen LogP contribution in [0.4, 0.5) is 11.4 Å². The van der Waals surface area contributed by atoms with Crippen molar-refractivity contribution in [2.24, 2.45) is 0 Å². The van der Waals surface area contributed by atoms with Gasteiger partial charge in [0.15, 0.2) is 5.11 Å². The van der Waals surface area contributed by atoms with E-state index in [2.05, 4.69) is 15.5 Å². The van der Waals surface area contributed by atoms with Gasteiger partial charge < -0.3 is 25.0 Å². The monoisotopic (exact) mass is 456 g/mol. The SMILES string of the molecule is CCOCCCNC(=S)Nc1cc(S(=O)(=O)N2CCOCC2)ccc1N1CCCC1. The smallest absolute Gasteiger partial charge is 0.243 e. The lowest BCUT2D eigenvalue weighted by Gasteiger charge is -2.27. The number of benzene rings is 1. The van der Waals surface area contributed by atoms with Crippen molar-refractivity contribution in [3.05, 3.63) is 18.2 Å². The third kappa shape index (κ3) is 6.04. The van der Waals surface area contributed by atoms with Crippen LogP contribution < -0.4 is 15.5 Å². The van der Waals surface area contributed by atoms with Gasteiger partial charge in [-0.1, -0.05) is 0 Å². The minimum atomic E-state index is -3.57. The molecule has 2 aliphatic rings. The molecule has 1 aromatic carbocycles. The Kier molecular flexibility index (Phi) is 8.70. The number of hydrogen-bond acceptors (Lipinski definition) is 6. The highest BCUT2D eigenvalue weighted by atomic mass is 32.2. The summed E-state index contributed by atoms with van der Waals surface area (Å²) in [7, 11) is -3.57. The predicted molar refractivity (Wildman–Crippen MR) is 123 cm³/mol. The third-order valence-corrected chi connectivity index (χ3v) is 7.37. The van der Waals surface area contributed by atoms with E-state index in [1.54, 1.807) is 12.1 Å². The molecule has 0 radical (unpaired) electrons. The number of nitrogens with one attached hydrogen (secondary N) is 2. The Morgan fingerprint density at radius 2 is 1.93 bits per heavy atom. The lowest BCUT2D eigenvalue weighted by Crippen LogP contribution is -2.40. The summed E-state index contributed by atoms with van der Waals surface area (Å²) >= 11 is 5.45. The molecule has 0 unspecified atom stereocenters. The van der Waals surface area contributed by atoms with E-state index < -0.39 is 10.0 Å². The van der Waals surface area contributed by atoms with Crippen LogP contribution >= 0.6 is 12.2 Å². The number of thiocarbonyl (C=S) groups is 1. The Labute approximate surface area is 184 Å². The Hall–Kier alpha value is -1.46. The zero-order valence-corrected chi connectivity index (χ0v) is 19.2. The number of morpholine rings is 1. The van der Waals surface area contributed by atoms with Crippen molar-refractivity contribution in [3.8, 4) is 0 Å². The molecule has 0 atom stereocenters. The molecule has 0 aliphatic carbocycles. The lowest BCUT2D eigenvalue weighted by molar-refractivity contribution is 0.0730. The van der Waals surface area contributed by atoms with Crippen LogP contribution in [0.5, 0.6) is 0 Å². The minimum absolute atomic E-state index is 0.272. The van der Waals surface area contributed by atoms with Crippen molar-refractivity contribution in [2.45, 2.75) is 31.1 Å². The standard InChI is InChI=1S/C20H32N4O4S2/c1-2-27-13-5-8-21-20(29)22-18-16-17(6-7-19(18)23-9-3-4-10-23)30(25,26)24-11-14-28-15-12-24/h6-7,16H,2-5,8-15H2,1H3,(H2,21,22,29). The molecule has 168 valence electrons. The Morgan fingerprint density at radius 1 is 1.20 bits per heavy atom. The molecule has 2 saturated heterocycles. The van der Waals surface area contributed by atoms with Gasteiger partial charge in [0, 0.05) is 45.9 Å². The molecule has 1 aromatic rings. The Morgan fingerprint density at radius 3 is 2.63 bits per heavy atom. The highest BCUT2D eigenvalue weighted by Gasteiger charge is 2.28. The van der Waals surface area contributed by atoms with Crippen molar-refractivity contribution >= 4 is 38.7 Å². The van der Waals surface area contributed by atoms with Crippen molar-refractivity contribution in [1.82, 2.24) is 9.62 Å². The molecule has 8 nitrogen and oxygen atoms in total. The summed E-state index contributed by atoms with van der Waals surface area (Å²) in [6.45, 7) is 7.55. The zero-order valence-electron chi connectivity index (χ0n) is 17.6. The van der Waals surface area contributed by atoms with Gasteiger partial charge in [-0.3, -0.25) is 0 Å². The molecule has 0 spiro atoms. The quantitative estimate of drug-likeness (QED) is 0.431. The largest absolute Gasteiger partial charge is 0.382 e. The summed E-state index contributed by atoms with van der Waals surface area (Å²) in [5.41, 5.74) is 1.69. The first-order valence-electron chi connectivity index (χ1n) is 10.6. The van der Waals surface area contributed by atoms with E-state index in [4.69, 9.17) is 21.7 Å². The fourth-order valence-electron chi connectivity index (χ4n) is 3.63. The number of hydrogen-bond donors (Lipinski definition) is 2. The zero-order chi connectivity index (χ0) is 21.4. The van der Waals surface area contributed by atoms with Gasteiger partial charge in [0.2, 0.25) is 10.0 Å². The van der Waals surface area contributed by atoms with E-state index in [1.807, 2.05) is 13.0 Å². The van der Waals surface area contributed by atoms with E-state index >= 15 is 0 Å². The molecule has 2 heterocycles. The first kappa shape index (κ1) is 23.2. The lowest BCUT2D eigenvalue weighted by atomic mass is 10.2. The van der Waals surface area contributed by atoms with Crippen LogP contribution in [0.2, 0.25) is 0 Å². The van der Waals surface area contributed by atoms with Gasteiger partial charge in [-0.2, -0.15) is 4.31 Å². The summed E-state index contributed by atoms with van der Waals surface area (Å²) in [6.07, 6.45) is 3.11. The van der Waals surface area contributed by atoms with Crippen LogP contribution in [-0.4, -0.2) is 77.0 Å². The Bertz CT molecular complexity index is 807. The molecular weight excluding hydrogens is 424 g/mol. The summed E-state index contributed by atoms with van der Waals surface area (Å²) in [4.78, 5) is 2.54. The maximum Gasteiger partial charge on any atom is 0.243 e. The topological polar surface area (TPSA) is 83.1 Å². The van der Waals surface area contributed by atoms with Gasteiger partial charge in [0.1, 0.15) is 0 Å². The molecule has 0 aromatic heterocycles. The number of rotatable bonds is 9. The first-order valence-corrected chi connectivity index (χ1v) is 12.5. The van der Waals surface area contributed by atoms with Gasteiger partial charge in [0.25, 0.3) is 0 Å². The highest BCUT2D eigenvalue weighted by molar-refractivity contribution is 7.89. The molecule has 2 N–H and O–H groups in total. The number of sulfonamides is 1. The van der Waals surface area contributed by atoms with E-state index in [-0.39, 0.29) is 4.90 Å². The minimum Gasteiger partial charge on any atom is -0.382 e. The van der Waals surface area contributed by atoms with E-state index in [0.29, 0.717) is 56.9 Å². The summed E-state index contributed by atoms with van der Waals surface area (Å²) in [5.74, 6) is 0. The maximum atomic E-state index is 13.1. The van der Waals surface area contributed by atoms with Gasteiger partial charge in [-0.25, -0.2) is 8.42 Å². The van der Waals surface area contributed by atoms with Crippen LogP contribution in [0.25, 0.3) is 0 Å². The maximum absolute atomic E-state index is 13.1. The molecule has 30 heavy (non-hydrogen) atoms. The molecule has 0 amide bonds. The normalized spacial score (nSPS) is 17.8. The molecule has 2 aliphatic heterocycles. The van der Waals surface area contributed by atoms with Crippen LogP contribution in [0.1, 0.15) is 26.2 Å². The second kappa shape index (κ2) is 11.2. The van der Waals surface area contributed by atoms with Gasteiger partial charge in [-0.15, -0.1) is 0 Å². The molecule has 10 heteroatoms. The average Bonchev–Trinajstić information content (AvgIpc) is 3.29. The number of nitrogens with zero attached hydrogens (tertiary/aromatic N) is 2. The van der Waals surface area contributed by atoms with Crippen molar-refractivity contribution < 1.29 is 17.9 Å². The van der Waals surface area contributed by atoms with Crippen LogP contribution in [0.15, 0.2) is 23.1 Å². The average molecular weight is 457 g/mol. The molecule has 3 rings (SSSR count). The number of ether oxygens (including phenoxy) is 2. The summed E-state index contributed by atoms with van der Waals surface area (Å²) in [6, 6.07) is 5.29. The molecule has 0 bridgehead atoms. The fraction of sp³-hybridized carbons (Fsp3) is 0.650. The van der Waals surface area contributed by atoms with Gasteiger partial charge in [0.05, 0.1) is 29.5 Å². The van der Waals surface area contributed by atoms with Crippen LogP contribution in [0, 0.1) is 0 Å². The van der Waals surface area contributed by atoms with Crippen LogP contribution in [-0.2, 0) is 19.5 Å². The molecule has 0 saturated carbocycles. The first-order chi connectivity index (χ1) is 14.5. The predicted octanol–water partition coefficient (Wildman–Crippen LogP) is 2.02. The van der Waals surface area contributed by atoms with Crippen molar-refractivity contribution in [1.29, 1.82) is 0 Å². The van der Waals surface area contributed by atoms with E-state index in [0.717, 1.165) is 38.0 Å². The van der Waals surface area contributed by atoms with E-state index in [9.17, 15) is 8.42 Å². The fourth-order valence-corrected chi connectivity index (χ4v) is 5.28. The molecular formula is C20H32N4O4S2. The van der Waals surface area contributed by atoms with Crippen LogP contribution in [0.3, 0.4) is 0 Å². The third-order valence-electron chi connectivity index (χ3n) is 5.23. The number of anilines is 2. The summed E-state index contributed by atoms with van der Waals surface area (Å²) in [5, 5.41) is 6.88. The van der Waals surface area contributed by atoms with Crippen molar-refractivity contribution in [3.63, 3.8) is 0 Å². The second-order valence-corrected chi connectivity index (χ2v) is 9.67. The van der Waals surface area contributed by atoms with E-state index in [1.165, 1.54) is 4.31 Å².